The van der Waals surface area contributed by atoms with Crippen LogP contribution in [0.5, 0.6) is 5.88 Å². The highest BCUT2D eigenvalue weighted by molar-refractivity contribution is 6.31. The second kappa shape index (κ2) is 11.9. The van der Waals surface area contributed by atoms with Crippen molar-refractivity contribution in [3.63, 3.8) is 0 Å². The van der Waals surface area contributed by atoms with Crippen molar-refractivity contribution in [3.8, 4) is 11.9 Å². The molecule has 0 spiro atoms. The van der Waals surface area contributed by atoms with Gasteiger partial charge in [0.1, 0.15) is 17.3 Å². The van der Waals surface area contributed by atoms with Crippen molar-refractivity contribution in [1.82, 2.24) is 15.2 Å². The number of nitrogens with one attached hydrogen (secondary N) is 1. The fraction of sp³-hybridized carbons (Fsp3) is 0.350. The number of nitriles is 1. The van der Waals surface area contributed by atoms with Crippen molar-refractivity contribution in [3.05, 3.63) is 52.2 Å². The summed E-state index contributed by atoms with van der Waals surface area (Å²) in [4.78, 5) is 16.4. The quantitative estimate of drug-likeness (QED) is 0.685. The Labute approximate surface area is 171 Å². The molecule has 0 saturated heterocycles. The molecule has 0 fully saturated rings. The Morgan fingerprint density at radius 1 is 1.43 bits per heavy atom. The third kappa shape index (κ3) is 6.50. The maximum Gasteiger partial charge on any atom is 0.234 e. The van der Waals surface area contributed by atoms with Gasteiger partial charge in [0.25, 0.3) is 0 Å². The molecule has 1 unspecified atom stereocenters. The fourth-order valence-electron chi connectivity index (χ4n) is 2.48. The lowest BCUT2D eigenvalue weighted by Gasteiger charge is -2.25. The third-order valence-corrected chi connectivity index (χ3v) is 4.18. The van der Waals surface area contributed by atoms with Crippen LogP contribution < -0.4 is 15.8 Å². The van der Waals surface area contributed by atoms with Crippen LogP contribution in [-0.2, 0) is 0 Å². The first-order chi connectivity index (χ1) is 13.4. The molecule has 1 aromatic heterocycles. The molecule has 150 valence electrons. The van der Waals surface area contributed by atoms with Gasteiger partial charge in [0.15, 0.2) is 6.29 Å². The maximum atomic E-state index is 10.5. The summed E-state index contributed by atoms with van der Waals surface area (Å²) in [6.07, 6.45) is 0.556. The number of anilines is 1. The zero-order valence-electron chi connectivity index (χ0n) is 16.6. The van der Waals surface area contributed by atoms with Gasteiger partial charge in [-0.05, 0) is 45.8 Å². The normalized spacial score (nSPS) is 11.2. The lowest BCUT2D eigenvalue weighted by molar-refractivity contribution is 0.111. The first kappa shape index (κ1) is 23.4. The van der Waals surface area contributed by atoms with Gasteiger partial charge in [0.2, 0.25) is 5.88 Å². The minimum Gasteiger partial charge on any atom is -0.477 e. The molecular formula is C20H26ClN5O2. The first-order valence-corrected chi connectivity index (χ1v) is 9.11. The van der Waals surface area contributed by atoms with Gasteiger partial charge in [-0.3, -0.25) is 4.79 Å². The maximum absolute atomic E-state index is 10.5. The molecule has 3 N–H and O–H groups in total. The Bertz CT molecular complexity index is 821. The van der Waals surface area contributed by atoms with E-state index in [1.54, 1.807) is 6.92 Å². The van der Waals surface area contributed by atoms with Crippen LogP contribution in [0.1, 0.15) is 34.6 Å². The summed E-state index contributed by atoms with van der Waals surface area (Å²) in [7, 11) is 6.07. The Morgan fingerprint density at radius 2 is 2.11 bits per heavy atom. The van der Waals surface area contributed by atoms with E-state index in [1.165, 1.54) is 11.6 Å². The minimum absolute atomic E-state index is 0.108. The van der Waals surface area contributed by atoms with Crippen LogP contribution in [0.25, 0.3) is 0 Å². The van der Waals surface area contributed by atoms with Gasteiger partial charge in [-0.15, -0.1) is 0 Å². The standard InChI is InChI=1S/C11H17ClN2.C9H9N3O2/c1-13-8-11(14(2)3)9-6-4-5-7-10(9)12;1-2-14-9-7(4-10)8(11)3-6(5-13)12-9/h4-7,11,13H,8H2,1-3H3;3,5H,2H2,1H3,(H2,11,12). The van der Waals surface area contributed by atoms with E-state index in [0.29, 0.717) is 18.9 Å². The molecule has 2 aromatic rings. The zero-order chi connectivity index (χ0) is 21.1. The number of hydrogen-bond acceptors (Lipinski definition) is 7. The van der Waals surface area contributed by atoms with E-state index in [9.17, 15) is 4.79 Å². The number of carbonyl (C=O) groups is 1. The highest BCUT2D eigenvalue weighted by Crippen LogP contribution is 2.25. The van der Waals surface area contributed by atoms with E-state index in [2.05, 4.69) is 35.4 Å². The van der Waals surface area contributed by atoms with Crippen LogP contribution in [0.15, 0.2) is 30.3 Å². The molecule has 0 amide bonds. The lowest BCUT2D eigenvalue weighted by Crippen LogP contribution is -2.29. The molecule has 1 heterocycles. The molecule has 0 aliphatic carbocycles. The molecule has 2 rings (SSSR count). The van der Waals surface area contributed by atoms with Gasteiger partial charge in [0, 0.05) is 17.6 Å². The Morgan fingerprint density at radius 3 is 2.61 bits per heavy atom. The average Bonchev–Trinajstić information content (AvgIpc) is 2.67. The summed E-state index contributed by atoms with van der Waals surface area (Å²) in [6, 6.07) is 11.5. The van der Waals surface area contributed by atoms with Gasteiger partial charge in [0.05, 0.1) is 12.3 Å². The molecule has 1 aromatic carbocycles. The predicted molar refractivity (Wildman–Crippen MR) is 112 cm³/mol. The van der Waals surface area contributed by atoms with Crippen molar-refractivity contribution in [2.24, 2.45) is 0 Å². The number of nitrogen functional groups attached to an aromatic ring is 1. The number of ether oxygens (including phenoxy) is 1. The molecular weight excluding hydrogens is 378 g/mol. The summed E-state index contributed by atoms with van der Waals surface area (Å²) in [5.41, 5.74) is 7.24. The number of hydrogen-bond donors (Lipinski definition) is 2. The van der Waals surface area contributed by atoms with Gasteiger partial charge in [-0.2, -0.15) is 5.26 Å². The number of rotatable bonds is 7. The Kier molecular flexibility index (Phi) is 9.96. The highest BCUT2D eigenvalue weighted by atomic mass is 35.5. The molecule has 1 atom stereocenters. The summed E-state index contributed by atoms with van der Waals surface area (Å²) in [6.45, 7) is 3.02. The third-order valence-electron chi connectivity index (χ3n) is 3.84. The summed E-state index contributed by atoms with van der Waals surface area (Å²) < 4.78 is 5.08. The summed E-state index contributed by atoms with van der Waals surface area (Å²) >= 11 is 6.14. The first-order valence-electron chi connectivity index (χ1n) is 8.73. The second-order valence-corrected chi connectivity index (χ2v) is 6.44. The molecule has 8 heteroatoms. The number of pyridine rings is 1. The zero-order valence-corrected chi connectivity index (χ0v) is 17.3. The largest absolute Gasteiger partial charge is 0.477 e. The number of benzene rings is 1. The van der Waals surface area contributed by atoms with Gasteiger partial charge >= 0.3 is 0 Å². The number of carbonyl (C=O) groups excluding carboxylic acids is 1. The van der Waals surface area contributed by atoms with E-state index in [0.717, 1.165) is 11.6 Å². The number of halogens is 1. The van der Waals surface area contributed by atoms with Gasteiger partial charge < -0.3 is 20.7 Å². The van der Waals surface area contributed by atoms with Gasteiger partial charge in [-0.1, -0.05) is 29.8 Å². The van der Waals surface area contributed by atoms with Crippen LogP contribution >= 0.6 is 11.6 Å². The van der Waals surface area contributed by atoms with Crippen molar-refractivity contribution >= 4 is 23.6 Å². The molecule has 0 bridgehead atoms. The molecule has 7 nitrogen and oxygen atoms in total. The molecule has 0 aliphatic heterocycles. The number of nitrogens with zero attached hydrogens (tertiary/aromatic N) is 3. The summed E-state index contributed by atoms with van der Waals surface area (Å²) in [5, 5.41) is 12.8. The number of likely N-dealkylation sites (N-methyl/N-ethyl adjacent to an activating group) is 2. The topological polar surface area (TPSA) is 104 Å². The van der Waals surface area contributed by atoms with Crippen LogP contribution in [0.4, 0.5) is 5.69 Å². The molecule has 28 heavy (non-hydrogen) atoms. The monoisotopic (exact) mass is 403 g/mol. The molecule has 0 saturated carbocycles. The fourth-order valence-corrected chi connectivity index (χ4v) is 2.75. The lowest BCUT2D eigenvalue weighted by atomic mass is 10.1. The molecule has 0 radical (unpaired) electrons. The predicted octanol–water partition coefficient (Wildman–Crippen LogP) is 2.91. The van der Waals surface area contributed by atoms with E-state index in [1.807, 2.05) is 31.3 Å². The number of aromatic nitrogens is 1. The van der Waals surface area contributed by atoms with Gasteiger partial charge in [-0.25, -0.2) is 4.98 Å². The highest BCUT2D eigenvalue weighted by Gasteiger charge is 2.15. The van der Waals surface area contributed by atoms with E-state index >= 15 is 0 Å². The smallest absolute Gasteiger partial charge is 0.234 e. The van der Waals surface area contributed by atoms with Crippen LogP contribution in [-0.4, -0.2) is 50.5 Å². The summed E-state index contributed by atoms with van der Waals surface area (Å²) in [5.74, 6) is 0.108. The van der Waals surface area contributed by atoms with Crippen LogP contribution in [0, 0.1) is 11.3 Å². The number of aldehydes is 1. The van der Waals surface area contributed by atoms with E-state index < -0.39 is 0 Å². The Balaban J connectivity index is 0.000000280. The van der Waals surface area contributed by atoms with Crippen molar-refractivity contribution in [2.45, 2.75) is 13.0 Å². The SMILES string of the molecule is CCOc1nc(C=O)cc(N)c1C#N.CNCC(c1ccccc1Cl)N(C)C. The molecule has 0 aliphatic rings. The second-order valence-electron chi connectivity index (χ2n) is 6.04. The number of nitrogens with two attached hydrogens (primary N) is 1. The van der Waals surface area contributed by atoms with Crippen molar-refractivity contribution < 1.29 is 9.53 Å². The van der Waals surface area contributed by atoms with Crippen molar-refractivity contribution in [1.29, 1.82) is 5.26 Å². The Hall–Kier alpha value is -2.66. The van der Waals surface area contributed by atoms with E-state index in [-0.39, 0.29) is 22.8 Å². The minimum atomic E-state index is 0.108. The van der Waals surface area contributed by atoms with Crippen LogP contribution in [0.3, 0.4) is 0 Å². The van der Waals surface area contributed by atoms with E-state index in [4.69, 9.17) is 27.3 Å². The van der Waals surface area contributed by atoms with Crippen molar-refractivity contribution in [2.75, 3.05) is 40.0 Å². The van der Waals surface area contributed by atoms with Crippen LogP contribution in [0.2, 0.25) is 5.02 Å². The average molecular weight is 404 g/mol.